The Kier molecular flexibility index (Phi) is 11.3. The molecule has 274 valence electrons. The Bertz CT molecular complexity index is 2110. The second kappa shape index (κ2) is 16.4. The van der Waals surface area contributed by atoms with E-state index in [-0.39, 0.29) is 40.9 Å². The number of nitrogens with one attached hydrogen (secondary N) is 1. The summed E-state index contributed by atoms with van der Waals surface area (Å²) in [5, 5.41) is 20.7. The molecule has 2 N–H and O–H groups in total. The summed E-state index contributed by atoms with van der Waals surface area (Å²) < 4.78 is 41.7. The lowest BCUT2D eigenvalue weighted by Crippen LogP contribution is -2.49. The van der Waals surface area contributed by atoms with E-state index in [2.05, 4.69) is 20.6 Å². The lowest BCUT2D eigenvalue weighted by molar-refractivity contribution is -0.384. The molecule has 0 spiro atoms. The van der Waals surface area contributed by atoms with Crippen LogP contribution >= 0.6 is 0 Å². The van der Waals surface area contributed by atoms with Crippen molar-refractivity contribution in [2.75, 3.05) is 37.6 Å². The van der Waals surface area contributed by atoms with Crippen LogP contribution in [0.15, 0.2) is 132 Å². The molecule has 2 heterocycles. The maximum Gasteiger partial charge on any atom is 0.269 e. The van der Waals surface area contributed by atoms with Gasteiger partial charge in [-0.05, 0) is 64.2 Å². The third kappa shape index (κ3) is 8.99. The Hall–Kier alpha value is -4.95. The summed E-state index contributed by atoms with van der Waals surface area (Å²) in [6, 6.07) is 38.8. The highest BCUT2D eigenvalue weighted by atomic mass is 32.2. The summed E-state index contributed by atoms with van der Waals surface area (Å²) >= 11 is 0. The van der Waals surface area contributed by atoms with Crippen LogP contribution in [0.3, 0.4) is 0 Å². The van der Waals surface area contributed by atoms with Gasteiger partial charge < -0.3 is 19.5 Å². The van der Waals surface area contributed by atoms with E-state index < -0.39 is 16.3 Å². The monoisotopic (exact) mass is 734 g/mol. The van der Waals surface area contributed by atoms with Gasteiger partial charge >= 0.3 is 0 Å². The average molecular weight is 735 g/mol. The zero-order valence-corrected chi connectivity index (χ0v) is 30.0. The molecule has 3 atom stereocenters. The molecule has 2 saturated heterocycles. The number of benzene rings is 5. The highest BCUT2D eigenvalue weighted by Crippen LogP contribution is 2.39. The van der Waals surface area contributed by atoms with Gasteiger partial charge in [0.25, 0.3) is 5.69 Å². The number of nitro benzene ring substituents is 1. The highest BCUT2D eigenvalue weighted by molar-refractivity contribution is 7.89. The number of non-ortho nitro benzene ring substituents is 1. The number of aliphatic hydroxyl groups excluding tert-OH is 1. The molecule has 0 saturated carbocycles. The van der Waals surface area contributed by atoms with Crippen molar-refractivity contribution in [2.45, 2.75) is 43.0 Å². The largest absolute Gasteiger partial charge is 0.392 e. The molecule has 0 aromatic heterocycles. The summed E-state index contributed by atoms with van der Waals surface area (Å²) in [7, 11) is -3.65. The predicted octanol–water partition coefficient (Wildman–Crippen LogP) is 6.60. The fourth-order valence-electron chi connectivity index (χ4n) is 6.88. The van der Waals surface area contributed by atoms with Crippen LogP contribution in [0.4, 0.5) is 11.4 Å². The first-order valence-electron chi connectivity index (χ1n) is 17.7. The van der Waals surface area contributed by atoms with Crippen molar-refractivity contribution in [3.8, 4) is 11.1 Å². The molecule has 2 aliphatic rings. The van der Waals surface area contributed by atoms with E-state index in [4.69, 9.17) is 9.47 Å². The molecule has 53 heavy (non-hydrogen) atoms. The van der Waals surface area contributed by atoms with E-state index in [0.717, 1.165) is 71.8 Å². The van der Waals surface area contributed by atoms with E-state index in [1.807, 2.05) is 78.9 Å². The first-order chi connectivity index (χ1) is 25.7. The van der Waals surface area contributed by atoms with Gasteiger partial charge in [0.15, 0.2) is 6.29 Å². The van der Waals surface area contributed by atoms with E-state index in [9.17, 15) is 23.6 Å². The van der Waals surface area contributed by atoms with Gasteiger partial charge in [-0.1, -0.05) is 78.9 Å². The molecule has 5 aromatic rings. The maximum atomic E-state index is 12.8. The van der Waals surface area contributed by atoms with Crippen LogP contribution in [0.25, 0.3) is 11.1 Å². The van der Waals surface area contributed by atoms with Crippen LogP contribution in [0.5, 0.6) is 0 Å². The van der Waals surface area contributed by atoms with Crippen molar-refractivity contribution in [2.24, 2.45) is 0 Å². The average Bonchev–Trinajstić information content (AvgIpc) is 3.21. The number of anilines is 1. The van der Waals surface area contributed by atoms with Gasteiger partial charge in [0.05, 0.1) is 28.6 Å². The second-order valence-corrected chi connectivity index (χ2v) is 15.1. The van der Waals surface area contributed by atoms with E-state index >= 15 is 0 Å². The minimum Gasteiger partial charge on any atom is -0.392 e. The van der Waals surface area contributed by atoms with Crippen LogP contribution in [0.1, 0.15) is 41.1 Å². The van der Waals surface area contributed by atoms with Crippen LogP contribution < -0.4 is 9.62 Å². The lowest BCUT2D eigenvalue weighted by Gasteiger charge is -2.41. The van der Waals surface area contributed by atoms with E-state index in [1.54, 1.807) is 42.5 Å². The maximum absolute atomic E-state index is 12.8. The van der Waals surface area contributed by atoms with Gasteiger partial charge in [-0.2, -0.15) is 0 Å². The number of hydrogen-bond donors (Lipinski definition) is 2. The molecule has 0 bridgehead atoms. The number of piperazine rings is 1. The topological polar surface area (TPSA) is 134 Å². The van der Waals surface area contributed by atoms with Crippen LogP contribution in [-0.2, 0) is 32.6 Å². The molecule has 3 unspecified atom stereocenters. The number of nitrogens with zero attached hydrogens (tertiary/aromatic N) is 3. The third-order valence-electron chi connectivity index (χ3n) is 9.81. The number of sulfonamides is 1. The van der Waals surface area contributed by atoms with Crippen LogP contribution in [0, 0.1) is 10.1 Å². The molecule has 11 nitrogen and oxygen atoms in total. The summed E-state index contributed by atoms with van der Waals surface area (Å²) in [5.41, 5.74) is 6.52. The van der Waals surface area contributed by atoms with Gasteiger partial charge in [-0.15, -0.1) is 0 Å². The van der Waals surface area contributed by atoms with Crippen molar-refractivity contribution in [3.63, 3.8) is 0 Å². The minimum absolute atomic E-state index is 0.0289. The number of nitro groups is 1. The van der Waals surface area contributed by atoms with Gasteiger partial charge in [-0.25, -0.2) is 13.1 Å². The summed E-state index contributed by atoms with van der Waals surface area (Å²) in [5.74, 6) is 0. The van der Waals surface area contributed by atoms with Gasteiger partial charge in [-0.3, -0.25) is 15.0 Å². The Morgan fingerprint density at radius 2 is 1.45 bits per heavy atom. The standard InChI is InChI=1S/C41H42N4O7S/c46-29-30-12-14-32(15-13-30)40-26-38(28-43-20-22-44(23-21-43)36-16-18-37(19-17-36)45(47)48)51-41(52-40)35-9-5-8-34(25-35)33-7-4-6-31(24-33)27-42-53(49,50)39-10-2-1-3-11-39/h1-19,24-25,38,40-42,46H,20-23,26-29H2. The summed E-state index contributed by atoms with van der Waals surface area (Å²) in [6.07, 6.45) is -0.305. The number of rotatable bonds is 12. The lowest BCUT2D eigenvalue weighted by atomic mass is 9.98. The predicted molar refractivity (Wildman–Crippen MR) is 203 cm³/mol. The van der Waals surface area contributed by atoms with Crippen LogP contribution in [0.2, 0.25) is 0 Å². The quantitative estimate of drug-likeness (QED) is 0.107. The van der Waals surface area contributed by atoms with Crippen molar-refractivity contribution < 1.29 is 27.9 Å². The van der Waals surface area contributed by atoms with Crippen LogP contribution in [-0.4, -0.2) is 62.2 Å². The summed E-state index contributed by atoms with van der Waals surface area (Å²) in [4.78, 5) is 15.6. The molecule has 0 amide bonds. The molecule has 5 aromatic carbocycles. The molecule has 12 heteroatoms. The zero-order valence-electron chi connectivity index (χ0n) is 29.2. The first-order valence-corrected chi connectivity index (χ1v) is 19.2. The number of ether oxygens (including phenoxy) is 2. The van der Waals surface area contributed by atoms with Gasteiger partial charge in [0.2, 0.25) is 10.0 Å². The Labute approximate surface area is 309 Å². The fourth-order valence-corrected chi connectivity index (χ4v) is 7.92. The SMILES string of the molecule is O=[N+]([O-])c1ccc(N2CCN(CC3CC(c4ccc(CO)cc4)OC(c4cccc(-c5cccc(CNS(=O)(=O)c6ccccc6)c5)c4)O3)CC2)cc1. The normalized spacial score (nSPS) is 19.6. The smallest absolute Gasteiger partial charge is 0.269 e. The van der Waals surface area contributed by atoms with Crippen molar-refractivity contribution >= 4 is 21.4 Å². The van der Waals surface area contributed by atoms with Crippen molar-refractivity contribution in [1.82, 2.24) is 9.62 Å². The highest BCUT2D eigenvalue weighted by Gasteiger charge is 2.34. The third-order valence-corrected chi connectivity index (χ3v) is 11.2. The summed E-state index contributed by atoms with van der Waals surface area (Å²) in [6.45, 7) is 4.09. The van der Waals surface area contributed by atoms with Gasteiger partial charge in [0, 0.05) is 69.1 Å². The van der Waals surface area contributed by atoms with E-state index in [1.165, 1.54) is 0 Å². The van der Waals surface area contributed by atoms with Gasteiger partial charge in [0.1, 0.15) is 0 Å². The molecule has 2 fully saturated rings. The first kappa shape index (κ1) is 36.4. The van der Waals surface area contributed by atoms with Crippen molar-refractivity contribution in [1.29, 1.82) is 0 Å². The molecule has 7 rings (SSSR count). The Morgan fingerprint density at radius 3 is 2.15 bits per heavy atom. The minimum atomic E-state index is -3.65. The number of aliphatic hydroxyl groups is 1. The Balaban J connectivity index is 1.06. The molecule has 0 radical (unpaired) electrons. The fraction of sp³-hybridized carbons (Fsp3) is 0.268. The Morgan fingerprint density at radius 1 is 0.755 bits per heavy atom. The van der Waals surface area contributed by atoms with E-state index in [0.29, 0.717) is 6.42 Å². The molecule has 2 aliphatic heterocycles. The second-order valence-electron chi connectivity index (χ2n) is 13.4. The number of hydrogen-bond acceptors (Lipinski definition) is 9. The van der Waals surface area contributed by atoms with Crippen molar-refractivity contribution in [3.05, 3.63) is 160 Å². The molecular weight excluding hydrogens is 693 g/mol. The zero-order chi connectivity index (χ0) is 36.8. The molecular formula is C41H42N4O7S. The molecule has 0 aliphatic carbocycles.